The van der Waals surface area contributed by atoms with Crippen LogP contribution in [0.4, 0.5) is 4.79 Å². The van der Waals surface area contributed by atoms with E-state index < -0.39 is 25.6 Å². The van der Waals surface area contributed by atoms with Crippen LogP contribution >= 0.6 is 0 Å². The highest BCUT2D eigenvalue weighted by Gasteiger charge is 2.35. The normalized spacial score (nSPS) is 20.5. The number of amides is 2. The second kappa shape index (κ2) is 15.4. The quantitative estimate of drug-likeness (QED) is 0.137. The highest BCUT2D eigenvalue weighted by molar-refractivity contribution is 6.76. The standard InChI is InChI=1S/C39H57N5O7Si/c1-25-32(36(45)42-28-12-14-29(15-13-28)43-37(46)51-38(2,3)4)34-35(44(25)24-47-19-20-52(6,7)8)33(40-23-41-34)30-21-27(39(5)49-17-18-50-39)11-16-31(30)48-22-26-9-10-26/h11,16,21,23,26,28-29H,9-10,12-15,17-20,22,24H2,1-8H3,(H,42,45)(H,43,46). The third-order valence-electron chi connectivity index (χ3n) is 10.1. The van der Waals surface area contributed by atoms with Gasteiger partial charge < -0.3 is 38.9 Å². The molecule has 2 saturated carbocycles. The van der Waals surface area contributed by atoms with Gasteiger partial charge in [0.25, 0.3) is 5.91 Å². The molecule has 1 aromatic carbocycles. The van der Waals surface area contributed by atoms with Gasteiger partial charge in [-0.25, -0.2) is 14.8 Å². The van der Waals surface area contributed by atoms with E-state index in [4.69, 9.17) is 33.7 Å². The van der Waals surface area contributed by atoms with Crippen molar-refractivity contribution in [3.8, 4) is 17.0 Å². The van der Waals surface area contributed by atoms with Crippen LogP contribution in [-0.4, -0.2) is 78.7 Å². The second-order valence-corrected chi connectivity index (χ2v) is 22.6. The van der Waals surface area contributed by atoms with Crippen molar-refractivity contribution in [2.45, 2.75) is 129 Å². The zero-order valence-electron chi connectivity index (χ0n) is 32.2. The Morgan fingerprint density at radius 1 is 1.00 bits per heavy atom. The largest absolute Gasteiger partial charge is 0.493 e. The minimum Gasteiger partial charge on any atom is -0.493 e. The number of hydrogen-bond donors (Lipinski definition) is 2. The molecule has 0 radical (unpaired) electrons. The fourth-order valence-electron chi connectivity index (χ4n) is 6.87. The molecule has 2 N–H and O–H groups in total. The third-order valence-corrected chi connectivity index (χ3v) is 11.8. The molecule has 2 aromatic heterocycles. The number of carbonyl (C=O) groups is 2. The summed E-state index contributed by atoms with van der Waals surface area (Å²) in [5.74, 6) is 0.197. The first-order valence-electron chi connectivity index (χ1n) is 18.9. The maximum absolute atomic E-state index is 14.2. The fourth-order valence-corrected chi connectivity index (χ4v) is 7.62. The molecule has 12 nitrogen and oxygen atoms in total. The van der Waals surface area contributed by atoms with Crippen molar-refractivity contribution >= 4 is 31.1 Å². The summed E-state index contributed by atoms with van der Waals surface area (Å²) in [6, 6.07) is 7.00. The number of aromatic nitrogens is 3. The van der Waals surface area contributed by atoms with Crippen LogP contribution in [-0.2, 0) is 31.5 Å². The van der Waals surface area contributed by atoms with E-state index in [1.807, 2.05) is 57.4 Å². The van der Waals surface area contributed by atoms with Gasteiger partial charge in [0.05, 0.1) is 30.9 Å². The number of carbonyl (C=O) groups excluding carboxylic acids is 2. The molecule has 3 aliphatic rings. The van der Waals surface area contributed by atoms with E-state index in [1.54, 1.807) is 0 Å². The van der Waals surface area contributed by atoms with Gasteiger partial charge in [-0.3, -0.25) is 4.79 Å². The minimum absolute atomic E-state index is 0.00430. The van der Waals surface area contributed by atoms with E-state index in [2.05, 4.69) is 30.3 Å². The monoisotopic (exact) mass is 735 g/mol. The van der Waals surface area contributed by atoms with Crippen LogP contribution in [0.15, 0.2) is 24.5 Å². The van der Waals surface area contributed by atoms with Crippen LogP contribution in [0.2, 0.25) is 25.7 Å². The predicted octanol–water partition coefficient (Wildman–Crippen LogP) is 7.29. The average molecular weight is 736 g/mol. The van der Waals surface area contributed by atoms with Crippen molar-refractivity contribution < 1.29 is 33.3 Å². The van der Waals surface area contributed by atoms with E-state index in [0.717, 1.165) is 54.1 Å². The van der Waals surface area contributed by atoms with E-state index in [-0.39, 0.29) is 24.7 Å². The summed E-state index contributed by atoms with van der Waals surface area (Å²) >= 11 is 0. The molecule has 13 heteroatoms. The maximum atomic E-state index is 14.2. The number of hydrogen-bond acceptors (Lipinski definition) is 9. The van der Waals surface area contributed by atoms with Gasteiger partial charge >= 0.3 is 6.09 Å². The number of nitrogens with one attached hydrogen (secondary N) is 2. The molecular weight excluding hydrogens is 679 g/mol. The van der Waals surface area contributed by atoms with Crippen LogP contribution in [0.1, 0.15) is 87.8 Å². The number of benzene rings is 1. The topological polar surface area (TPSA) is 135 Å². The van der Waals surface area contributed by atoms with Gasteiger partial charge in [0.15, 0.2) is 5.79 Å². The summed E-state index contributed by atoms with van der Waals surface area (Å²) in [6.07, 6.45) is 6.42. The van der Waals surface area contributed by atoms with Gasteiger partial charge in [-0.2, -0.15) is 0 Å². The lowest BCUT2D eigenvalue weighted by Gasteiger charge is -2.30. The summed E-state index contributed by atoms with van der Waals surface area (Å²) in [6.45, 7) is 19.0. The molecule has 0 spiro atoms. The first kappa shape index (κ1) is 38.2. The van der Waals surface area contributed by atoms with Crippen LogP contribution in [0.5, 0.6) is 5.75 Å². The molecule has 1 saturated heterocycles. The van der Waals surface area contributed by atoms with Crippen molar-refractivity contribution in [2.24, 2.45) is 5.92 Å². The minimum atomic E-state index is -1.33. The summed E-state index contributed by atoms with van der Waals surface area (Å²) in [4.78, 5) is 36.2. The SMILES string of the molecule is Cc1c(C(=O)NC2CCC(NC(=O)OC(C)(C)C)CC2)c2ncnc(-c3cc(C4(C)OCCO4)ccc3OCC3CC3)c2n1COCC[Si](C)(C)C. The maximum Gasteiger partial charge on any atom is 0.407 e. The Bertz CT molecular complexity index is 1750. The van der Waals surface area contributed by atoms with E-state index in [9.17, 15) is 9.59 Å². The Morgan fingerprint density at radius 3 is 2.31 bits per heavy atom. The number of rotatable bonds is 13. The smallest absolute Gasteiger partial charge is 0.407 e. The van der Waals surface area contributed by atoms with Gasteiger partial charge in [0.1, 0.15) is 35.6 Å². The molecule has 6 rings (SSSR count). The van der Waals surface area contributed by atoms with Gasteiger partial charge in [-0.05, 0) is 103 Å². The van der Waals surface area contributed by atoms with E-state index >= 15 is 0 Å². The van der Waals surface area contributed by atoms with Crippen molar-refractivity contribution in [2.75, 3.05) is 26.4 Å². The zero-order valence-corrected chi connectivity index (χ0v) is 33.2. The number of ether oxygens (including phenoxy) is 5. The summed E-state index contributed by atoms with van der Waals surface area (Å²) < 4.78 is 32.3. The lowest BCUT2D eigenvalue weighted by molar-refractivity contribution is -0.149. The Balaban J connectivity index is 1.32. The Hall–Kier alpha value is -3.52. The molecule has 0 unspecified atom stereocenters. The Kier molecular flexibility index (Phi) is 11.4. The van der Waals surface area contributed by atoms with Crippen LogP contribution < -0.4 is 15.4 Å². The molecule has 1 aliphatic heterocycles. The lowest BCUT2D eigenvalue weighted by Crippen LogP contribution is -2.45. The Morgan fingerprint density at radius 2 is 1.67 bits per heavy atom. The summed E-state index contributed by atoms with van der Waals surface area (Å²) in [5, 5.41) is 6.28. The summed E-state index contributed by atoms with van der Waals surface area (Å²) in [5.41, 5.74) is 4.29. The second-order valence-electron chi connectivity index (χ2n) is 16.9. The van der Waals surface area contributed by atoms with E-state index in [1.165, 1.54) is 19.2 Å². The van der Waals surface area contributed by atoms with Gasteiger partial charge in [0, 0.05) is 43.6 Å². The Labute approximate surface area is 308 Å². The first-order chi connectivity index (χ1) is 24.6. The molecular formula is C39H57N5O7Si. The van der Waals surface area contributed by atoms with Gasteiger partial charge in [-0.15, -0.1) is 0 Å². The fraction of sp³-hybridized carbons (Fsp3) is 0.641. The highest BCUT2D eigenvalue weighted by atomic mass is 28.3. The number of alkyl carbamates (subject to hydrolysis) is 1. The average Bonchev–Trinajstić information content (AvgIpc) is 3.72. The molecule has 2 aliphatic carbocycles. The summed E-state index contributed by atoms with van der Waals surface area (Å²) in [7, 11) is -1.33. The van der Waals surface area contributed by atoms with E-state index in [0.29, 0.717) is 54.9 Å². The molecule has 0 atom stereocenters. The van der Waals surface area contributed by atoms with Crippen LogP contribution in [0.25, 0.3) is 22.3 Å². The number of nitrogens with zero attached hydrogens (tertiary/aromatic N) is 3. The van der Waals surface area contributed by atoms with Gasteiger partial charge in [0.2, 0.25) is 0 Å². The molecule has 284 valence electrons. The number of fused-ring (bicyclic) bond motifs is 1. The van der Waals surface area contributed by atoms with Crippen LogP contribution in [0.3, 0.4) is 0 Å². The molecule has 3 heterocycles. The molecule has 3 aromatic rings. The molecule has 2 amide bonds. The molecule has 52 heavy (non-hydrogen) atoms. The van der Waals surface area contributed by atoms with Crippen molar-refractivity contribution in [3.63, 3.8) is 0 Å². The molecule has 0 bridgehead atoms. The van der Waals surface area contributed by atoms with Crippen molar-refractivity contribution in [1.29, 1.82) is 0 Å². The zero-order chi connectivity index (χ0) is 37.3. The first-order valence-corrected chi connectivity index (χ1v) is 22.6. The van der Waals surface area contributed by atoms with Crippen molar-refractivity contribution in [3.05, 3.63) is 41.3 Å². The molecule has 3 fully saturated rings. The highest BCUT2D eigenvalue weighted by Crippen LogP contribution is 2.41. The lowest BCUT2D eigenvalue weighted by atomic mass is 9.91. The van der Waals surface area contributed by atoms with Crippen LogP contribution in [0, 0.1) is 12.8 Å². The third kappa shape index (κ3) is 9.33. The van der Waals surface area contributed by atoms with Crippen molar-refractivity contribution in [1.82, 2.24) is 25.2 Å². The van der Waals surface area contributed by atoms with Gasteiger partial charge in [-0.1, -0.05) is 19.6 Å². The predicted molar refractivity (Wildman–Crippen MR) is 202 cm³/mol.